The Morgan fingerprint density at radius 2 is 1.89 bits per heavy atom. The second-order valence-electron chi connectivity index (χ2n) is 4.07. The minimum absolute atomic E-state index is 0.271. The first-order valence-electron chi connectivity index (χ1n) is 5.47. The summed E-state index contributed by atoms with van der Waals surface area (Å²) in [5.41, 5.74) is 1.29. The van der Waals surface area contributed by atoms with E-state index in [9.17, 15) is 8.78 Å². The van der Waals surface area contributed by atoms with Crippen molar-refractivity contribution in [3.05, 3.63) is 64.1 Å². The highest BCUT2D eigenvalue weighted by atomic mass is 79.9. The average Bonchev–Trinajstić information content (AvgIpc) is 2.32. The molecule has 0 radical (unpaired) electrons. The van der Waals surface area contributed by atoms with Crippen molar-refractivity contribution in [1.82, 2.24) is 0 Å². The standard InChI is InChI=1S/C14H12BrF2N/c1-18(13-4-2-3-12(16)8-13)9-10-5-6-11(15)7-14(10)17/h2-8H,9H2,1H3. The summed E-state index contributed by atoms with van der Waals surface area (Å²) in [6.07, 6.45) is 0. The Hall–Kier alpha value is -1.42. The molecular weight excluding hydrogens is 300 g/mol. The van der Waals surface area contributed by atoms with Crippen LogP contribution in [0.1, 0.15) is 5.56 Å². The lowest BCUT2D eigenvalue weighted by Crippen LogP contribution is -2.17. The lowest BCUT2D eigenvalue weighted by atomic mass is 10.2. The van der Waals surface area contributed by atoms with Gasteiger partial charge >= 0.3 is 0 Å². The van der Waals surface area contributed by atoms with Crippen LogP contribution in [0.5, 0.6) is 0 Å². The first kappa shape index (κ1) is 13.0. The molecule has 2 aromatic carbocycles. The van der Waals surface area contributed by atoms with Crippen molar-refractivity contribution in [2.75, 3.05) is 11.9 Å². The minimum atomic E-state index is -0.296. The van der Waals surface area contributed by atoms with Gasteiger partial charge in [0.25, 0.3) is 0 Å². The summed E-state index contributed by atoms with van der Waals surface area (Å²) in [7, 11) is 1.80. The fraction of sp³-hybridized carbons (Fsp3) is 0.143. The molecule has 2 rings (SSSR count). The van der Waals surface area contributed by atoms with E-state index in [4.69, 9.17) is 0 Å². The van der Waals surface area contributed by atoms with Gasteiger partial charge in [0.15, 0.2) is 0 Å². The molecule has 0 heterocycles. The first-order chi connectivity index (χ1) is 8.56. The van der Waals surface area contributed by atoms with E-state index in [0.717, 1.165) is 5.69 Å². The molecule has 0 atom stereocenters. The lowest BCUT2D eigenvalue weighted by molar-refractivity contribution is 0.606. The zero-order chi connectivity index (χ0) is 13.1. The van der Waals surface area contributed by atoms with Crippen LogP contribution in [0.15, 0.2) is 46.9 Å². The van der Waals surface area contributed by atoms with E-state index in [0.29, 0.717) is 16.6 Å². The molecule has 2 aromatic rings. The van der Waals surface area contributed by atoms with Crippen molar-refractivity contribution >= 4 is 21.6 Å². The summed E-state index contributed by atoms with van der Waals surface area (Å²) in [5.74, 6) is -0.566. The molecule has 0 aliphatic heterocycles. The molecule has 0 aromatic heterocycles. The van der Waals surface area contributed by atoms with Crippen molar-refractivity contribution in [3.8, 4) is 0 Å². The Bertz CT molecular complexity index is 557. The number of hydrogen-bond acceptors (Lipinski definition) is 1. The summed E-state index contributed by atoms with van der Waals surface area (Å²) in [6.45, 7) is 0.391. The molecule has 0 fully saturated rings. The van der Waals surface area contributed by atoms with Crippen molar-refractivity contribution in [2.45, 2.75) is 6.54 Å². The van der Waals surface area contributed by atoms with E-state index in [1.165, 1.54) is 18.2 Å². The van der Waals surface area contributed by atoms with Gasteiger partial charge in [0.1, 0.15) is 11.6 Å². The van der Waals surface area contributed by atoms with Gasteiger partial charge in [-0.05, 0) is 30.3 Å². The van der Waals surface area contributed by atoms with Crippen LogP contribution in [0.25, 0.3) is 0 Å². The number of benzene rings is 2. The molecule has 18 heavy (non-hydrogen) atoms. The fourth-order valence-corrected chi connectivity index (χ4v) is 2.04. The van der Waals surface area contributed by atoms with Gasteiger partial charge in [0, 0.05) is 29.3 Å². The first-order valence-corrected chi connectivity index (χ1v) is 6.26. The van der Waals surface area contributed by atoms with Crippen LogP contribution in [0.3, 0.4) is 0 Å². The number of nitrogens with zero attached hydrogens (tertiary/aromatic N) is 1. The number of halogens is 3. The summed E-state index contributed by atoms with van der Waals surface area (Å²) in [4.78, 5) is 1.80. The Balaban J connectivity index is 2.18. The second-order valence-corrected chi connectivity index (χ2v) is 4.99. The van der Waals surface area contributed by atoms with Gasteiger partial charge < -0.3 is 4.90 Å². The third kappa shape index (κ3) is 3.07. The van der Waals surface area contributed by atoms with E-state index < -0.39 is 0 Å². The Morgan fingerprint density at radius 1 is 1.11 bits per heavy atom. The molecule has 1 nitrogen and oxygen atoms in total. The maximum atomic E-state index is 13.7. The highest BCUT2D eigenvalue weighted by Crippen LogP contribution is 2.20. The van der Waals surface area contributed by atoms with Crippen LogP contribution in [-0.4, -0.2) is 7.05 Å². The Morgan fingerprint density at radius 3 is 2.56 bits per heavy atom. The van der Waals surface area contributed by atoms with Crippen molar-refractivity contribution in [1.29, 1.82) is 0 Å². The van der Waals surface area contributed by atoms with E-state index in [-0.39, 0.29) is 11.6 Å². The maximum Gasteiger partial charge on any atom is 0.129 e. The van der Waals surface area contributed by atoms with Crippen LogP contribution in [0, 0.1) is 11.6 Å². The highest BCUT2D eigenvalue weighted by molar-refractivity contribution is 9.10. The zero-order valence-corrected chi connectivity index (χ0v) is 11.4. The predicted molar refractivity (Wildman–Crippen MR) is 72.6 cm³/mol. The normalized spacial score (nSPS) is 10.4. The number of rotatable bonds is 3. The van der Waals surface area contributed by atoms with Gasteiger partial charge in [0.05, 0.1) is 0 Å². The zero-order valence-electron chi connectivity index (χ0n) is 9.83. The predicted octanol–water partition coefficient (Wildman–Crippen LogP) is 4.36. The van der Waals surface area contributed by atoms with Crippen molar-refractivity contribution in [3.63, 3.8) is 0 Å². The van der Waals surface area contributed by atoms with Crippen LogP contribution in [-0.2, 0) is 6.54 Å². The van der Waals surface area contributed by atoms with Crippen LogP contribution in [0.4, 0.5) is 14.5 Å². The van der Waals surface area contributed by atoms with Crippen molar-refractivity contribution < 1.29 is 8.78 Å². The average molecular weight is 312 g/mol. The topological polar surface area (TPSA) is 3.24 Å². The van der Waals surface area contributed by atoms with Crippen LogP contribution in [0.2, 0.25) is 0 Å². The van der Waals surface area contributed by atoms with Gasteiger partial charge in [-0.1, -0.05) is 28.1 Å². The Labute approximate surface area is 113 Å². The minimum Gasteiger partial charge on any atom is -0.370 e. The molecule has 0 aliphatic rings. The molecule has 0 unspecified atom stereocenters. The summed E-state index contributed by atoms with van der Waals surface area (Å²) in [6, 6.07) is 11.2. The van der Waals surface area contributed by atoms with Gasteiger partial charge in [0.2, 0.25) is 0 Å². The van der Waals surface area contributed by atoms with E-state index in [2.05, 4.69) is 15.9 Å². The molecule has 0 amide bonds. The molecular formula is C14H12BrF2N. The molecule has 0 N–H and O–H groups in total. The third-order valence-corrected chi connectivity index (χ3v) is 3.16. The van der Waals surface area contributed by atoms with Crippen LogP contribution >= 0.6 is 15.9 Å². The van der Waals surface area contributed by atoms with Gasteiger partial charge in [-0.25, -0.2) is 8.78 Å². The van der Waals surface area contributed by atoms with Gasteiger partial charge in [-0.15, -0.1) is 0 Å². The Kier molecular flexibility index (Phi) is 3.97. The quantitative estimate of drug-likeness (QED) is 0.814. The van der Waals surface area contributed by atoms with E-state index >= 15 is 0 Å². The largest absolute Gasteiger partial charge is 0.370 e. The molecule has 0 saturated heterocycles. The molecule has 0 bridgehead atoms. The molecule has 94 valence electrons. The summed E-state index contributed by atoms with van der Waals surface area (Å²) in [5, 5.41) is 0. The summed E-state index contributed by atoms with van der Waals surface area (Å²) < 4.78 is 27.5. The maximum absolute atomic E-state index is 13.7. The smallest absolute Gasteiger partial charge is 0.129 e. The molecule has 0 spiro atoms. The molecule has 0 saturated carbocycles. The third-order valence-electron chi connectivity index (χ3n) is 2.67. The van der Waals surface area contributed by atoms with Gasteiger partial charge in [-0.2, -0.15) is 0 Å². The van der Waals surface area contributed by atoms with E-state index in [1.807, 2.05) is 0 Å². The number of anilines is 1. The van der Waals surface area contributed by atoms with Crippen molar-refractivity contribution in [2.24, 2.45) is 0 Å². The van der Waals surface area contributed by atoms with Gasteiger partial charge in [-0.3, -0.25) is 0 Å². The fourth-order valence-electron chi connectivity index (χ4n) is 1.71. The van der Waals surface area contributed by atoms with E-state index in [1.54, 1.807) is 36.2 Å². The summed E-state index contributed by atoms with van der Waals surface area (Å²) >= 11 is 3.21. The van der Waals surface area contributed by atoms with Crippen LogP contribution < -0.4 is 4.90 Å². The molecule has 4 heteroatoms. The SMILES string of the molecule is CN(Cc1ccc(Br)cc1F)c1cccc(F)c1. The lowest BCUT2D eigenvalue weighted by Gasteiger charge is -2.19. The molecule has 0 aliphatic carbocycles. The monoisotopic (exact) mass is 311 g/mol. The second kappa shape index (κ2) is 5.48. The number of hydrogen-bond donors (Lipinski definition) is 0. The highest BCUT2D eigenvalue weighted by Gasteiger charge is 2.07.